The summed E-state index contributed by atoms with van der Waals surface area (Å²) in [6.07, 6.45) is 0.0251. The summed E-state index contributed by atoms with van der Waals surface area (Å²) in [5, 5.41) is 11.2. The molecule has 1 aromatic carbocycles. The predicted octanol–water partition coefficient (Wildman–Crippen LogP) is 0.775. The Labute approximate surface area is 90.9 Å². The molecule has 0 spiro atoms. The molecule has 0 aliphatic rings. The zero-order valence-electron chi connectivity index (χ0n) is 8.59. The van der Waals surface area contributed by atoms with E-state index in [4.69, 9.17) is 0 Å². The molecule has 16 heavy (non-hydrogen) atoms. The molecule has 82 valence electrons. The van der Waals surface area contributed by atoms with Crippen LogP contribution in [0.2, 0.25) is 0 Å². The average Bonchev–Trinajstić information content (AvgIpc) is 2.64. The van der Waals surface area contributed by atoms with Crippen LogP contribution in [0.5, 0.6) is 0 Å². The normalized spacial score (nSPS) is 10.4. The Hall–Kier alpha value is -2.11. The Kier molecular flexibility index (Phi) is 2.72. The van der Waals surface area contributed by atoms with E-state index in [-0.39, 0.29) is 12.2 Å². The van der Waals surface area contributed by atoms with Crippen molar-refractivity contribution >= 4 is 5.78 Å². The van der Waals surface area contributed by atoms with Crippen molar-refractivity contribution in [1.29, 1.82) is 0 Å². The Bertz CT molecular complexity index is 523. The fraction of sp³-hybridized carbons (Fsp3) is 0.200. The minimum absolute atomic E-state index is 0.0251. The molecule has 0 radical (unpaired) electrons. The summed E-state index contributed by atoms with van der Waals surface area (Å²) < 4.78 is 12.9. The topological polar surface area (TPSA) is 60.7 Å². The summed E-state index contributed by atoms with van der Waals surface area (Å²) in [5.74, 6) is -0.331. The molecule has 2 rings (SSSR count). The van der Waals surface area contributed by atoms with Crippen molar-refractivity contribution in [2.45, 2.75) is 6.42 Å². The van der Waals surface area contributed by atoms with Gasteiger partial charge in [0.25, 0.3) is 0 Å². The van der Waals surface area contributed by atoms with Gasteiger partial charge in [-0.2, -0.15) is 4.80 Å². The largest absolute Gasteiger partial charge is 0.294 e. The van der Waals surface area contributed by atoms with Gasteiger partial charge in [-0.05, 0) is 17.3 Å². The van der Waals surface area contributed by atoms with Gasteiger partial charge in [-0.25, -0.2) is 4.39 Å². The highest BCUT2D eigenvalue weighted by molar-refractivity contribution is 5.97. The number of hydrogen-bond acceptors (Lipinski definition) is 4. The van der Waals surface area contributed by atoms with Crippen LogP contribution >= 0.6 is 0 Å². The van der Waals surface area contributed by atoms with Gasteiger partial charge in [0, 0.05) is 5.56 Å². The first-order valence-electron chi connectivity index (χ1n) is 4.67. The van der Waals surface area contributed by atoms with Crippen LogP contribution < -0.4 is 0 Å². The van der Waals surface area contributed by atoms with E-state index in [9.17, 15) is 9.18 Å². The van der Waals surface area contributed by atoms with Crippen LogP contribution in [0.3, 0.4) is 0 Å². The third-order valence-electron chi connectivity index (χ3n) is 2.02. The molecule has 1 aromatic heterocycles. The summed E-state index contributed by atoms with van der Waals surface area (Å²) in [5.41, 5.74) is 0.312. The molecule has 0 saturated carbocycles. The number of carbonyl (C=O) groups is 1. The number of tetrazole rings is 1. The summed E-state index contributed by atoms with van der Waals surface area (Å²) >= 11 is 0. The molecule has 0 aliphatic carbocycles. The lowest BCUT2D eigenvalue weighted by molar-refractivity contribution is 0.0990. The first-order valence-corrected chi connectivity index (χ1v) is 4.67. The van der Waals surface area contributed by atoms with Gasteiger partial charge in [-0.3, -0.25) is 4.79 Å². The Morgan fingerprint density at radius 2 is 2.31 bits per heavy atom. The fourth-order valence-corrected chi connectivity index (χ4v) is 1.30. The number of carbonyl (C=O) groups excluding carboxylic acids is 1. The molecule has 0 fully saturated rings. The third-order valence-corrected chi connectivity index (χ3v) is 2.02. The number of aromatic nitrogens is 4. The van der Waals surface area contributed by atoms with E-state index in [1.165, 1.54) is 23.0 Å². The van der Waals surface area contributed by atoms with Crippen LogP contribution in [0, 0.1) is 5.82 Å². The van der Waals surface area contributed by atoms with Gasteiger partial charge < -0.3 is 0 Å². The molecule has 0 atom stereocenters. The Morgan fingerprint density at radius 1 is 1.50 bits per heavy atom. The lowest BCUT2D eigenvalue weighted by atomic mass is 10.1. The van der Waals surface area contributed by atoms with Crippen LogP contribution in [0.25, 0.3) is 0 Å². The van der Waals surface area contributed by atoms with Crippen molar-refractivity contribution in [2.75, 3.05) is 0 Å². The standard InChI is InChI=1S/C10H9FN4O/c1-15-13-10(12-14-15)6-9(16)7-3-2-4-8(11)5-7/h2-5H,6H2,1H3. The number of Topliss-reactive ketones (excluding diaryl/α,β-unsaturated/α-hetero) is 1. The van der Waals surface area contributed by atoms with Crippen molar-refractivity contribution in [2.24, 2.45) is 7.05 Å². The SMILES string of the molecule is Cn1nnc(CC(=O)c2cccc(F)c2)n1. The average molecular weight is 220 g/mol. The van der Waals surface area contributed by atoms with Crippen molar-refractivity contribution < 1.29 is 9.18 Å². The van der Waals surface area contributed by atoms with Gasteiger partial charge in [0.15, 0.2) is 11.6 Å². The highest BCUT2D eigenvalue weighted by atomic mass is 19.1. The van der Waals surface area contributed by atoms with Crippen LogP contribution in [0.4, 0.5) is 4.39 Å². The van der Waals surface area contributed by atoms with E-state index < -0.39 is 5.82 Å². The van der Waals surface area contributed by atoms with E-state index in [2.05, 4.69) is 15.4 Å². The first-order chi connectivity index (χ1) is 7.65. The van der Waals surface area contributed by atoms with Crippen LogP contribution in [0.15, 0.2) is 24.3 Å². The number of halogens is 1. The molecule has 0 aliphatic heterocycles. The lowest BCUT2D eigenvalue weighted by Crippen LogP contribution is -2.05. The maximum Gasteiger partial charge on any atom is 0.182 e. The van der Waals surface area contributed by atoms with Crippen molar-refractivity contribution in [1.82, 2.24) is 20.2 Å². The fourth-order valence-electron chi connectivity index (χ4n) is 1.30. The first kappa shape index (κ1) is 10.4. The number of benzene rings is 1. The molecule has 0 saturated heterocycles. The molecule has 0 unspecified atom stereocenters. The van der Waals surface area contributed by atoms with E-state index in [0.717, 1.165) is 0 Å². The lowest BCUT2D eigenvalue weighted by Gasteiger charge is -1.97. The molecule has 6 heteroatoms. The molecule has 2 aromatic rings. The number of nitrogens with zero attached hydrogens (tertiary/aromatic N) is 4. The smallest absolute Gasteiger partial charge is 0.182 e. The van der Waals surface area contributed by atoms with Crippen molar-refractivity contribution in [3.8, 4) is 0 Å². The number of rotatable bonds is 3. The van der Waals surface area contributed by atoms with Gasteiger partial charge in [-0.15, -0.1) is 10.2 Å². The van der Waals surface area contributed by atoms with Crippen molar-refractivity contribution in [3.63, 3.8) is 0 Å². The maximum atomic E-state index is 12.9. The minimum atomic E-state index is -0.432. The zero-order chi connectivity index (χ0) is 11.5. The molecule has 0 N–H and O–H groups in total. The van der Waals surface area contributed by atoms with E-state index in [1.54, 1.807) is 13.1 Å². The van der Waals surface area contributed by atoms with Gasteiger partial charge in [-0.1, -0.05) is 12.1 Å². The van der Waals surface area contributed by atoms with E-state index in [0.29, 0.717) is 11.4 Å². The number of aryl methyl sites for hydroxylation is 1. The van der Waals surface area contributed by atoms with Gasteiger partial charge in [0.05, 0.1) is 13.5 Å². The number of hydrogen-bond donors (Lipinski definition) is 0. The Balaban J connectivity index is 2.14. The molecular formula is C10H9FN4O. The van der Waals surface area contributed by atoms with Crippen LogP contribution in [0.1, 0.15) is 16.2 Å². The second-order valence-electron chi connectivity index (χ2n) is 3.31. The highest BCUT2D eigenvalue weighted by Crippen LogP contribution is 2.06. The second kappa shape index (κ2) is 4.18. The molecule has 5 nitrogen and oxygen atoms in total. The predicted molar refractivity (Wildman–Crippen MR) is 53.2 cm³/mol. The van der Waals surface area contributed by atoms with Gasteiger partial charge >= 0.3 is 0 Å². The second-order valence-corrected chi connectivity index (χ2v) is 3.31. The zero-order valence-corrected chi connectivity index (χ0v) is 8.59. The van der Waals surface area contributed by atoms with Gasteiger partial charge in [0.1, 0.15) is 5.82 Å². The van der Waals surface area contributed by atoms with E-state index >= 15 is 0 Å². The monoisotopic (exact) mass is 220 g/mol. The van der Waals surface area contributed by atoms with E-state index in [1.807, 2.05) is 0 Å². The summed E-state index contributed by atoms with van der Waals surface area (Å²) in [6.45, 7) is 0. The van der Waals surface area contributed by atoms with Crippen LogP contribution in [-0.2, 0) is 13.5 Å². The molecular weight excluding hydrogens is 211 g/mol. The number of ketones is 1. The molecule has 0 bridgehead atoms. The van der Waals surface area contributed by atoms with Crippen molar-refractivity contribution in [3.05, 3.63) is 41.5 Å². The van der Waals surface area contributed by atoms with Gasteiger partial charge in [0.2, 0.25) is 0 Å². The molecule has 1 heterocycles. The highest BCUT2D eigenvalue weighted by Gasteiger charge is 2.11. The molecule has 0 amide bonds. The maximum absolute atomic E-state index is 12.9. The summed E-state index contributed by atoms with van der Waals surface area (Å²) in [4.78, 5) is 13.0. The summed E-state index contributed by atoms with van der Waals surface area (Å²) in [6, 6.07) is 5.53. The third kappa shape index (κ3) is 2.28. The minimum Gasteiger partial charge on any atom is -0.294 e. The Morgan fingerprint density at radius 3 is 2.94 bits per heavy atom. The summed E-state index contributed by atoms with van der Waals surface area (Å²) in [7, 11) is 1.61. The quantitative estimate of drug-likeness (QED) is 0.717. The van der Waals surface area contributed by atoms with Crippen LogP contribution in [-0.4, -0.2) is 26.0 Å².